The fourth-order valence-corrected chi connectivity index (χ4v) is 2.06. The minimum absolute atomic E-state index is 0.0466. The maximum Gasteiger partial charge on any atom is 0.118 e. The lowest BCUT2D eigenvalue weighted by molar-refractivity contribution is -0.0671. The standard InChI is InChI=1S/C12H16N2O3/c1-9-12(17-8-7-14(9)13-15)10-3-5-11(16-2)6-4-10/h3-6,9,12H,7-8H2,1-2H3. The largest absolute Gasteiger partial charge is 0.497 e. The van der Waals surface area contributed by atoms with E-state index in [4.69, 9.17) is 9.47 Å². The lowest BCUT2D eigenvalue weighted by Gasteiger charge is -2.35. The highest BCUT2D eigenvalue weighted by Gasteiger charge is 2.30. The summed E-state index contributed by atoms with van der Waals surface area (Å²) in [6.45, 7) is 3.01. The summed E-state index contributed by atoms with van der Waals surface area (Å²) >= 11 is 0. The third kappa shape index (κ3) is 2.39. The average molecular weight is 236 g/mol. The Labute approximate surface area is 100 Å². The maximum atomic E-state index is 10.6. The molecule has 1 aromatic carbocycles. The topological polar surface area (TPSA) is 51.1 Å². The Morgan fingerprint density at radius 2 is 2.12 bits per heavy atom. The van der Waals surface area contributed by atoms with Crippen molar-refractivity contribution < 1.29 is 9.47 Å². The van der Waals surface area contributed by atoms with Crippen molar-refractivity contribution in [1.82, 2.24) is 5.01 Å². The summed E-state index contributed by atoms with van der Waals surface area (Å²) in [4.78, 5) is 10.6. The highest BCUT2D eigenvalue weighted by molar-refractivity contribution is 5.29. The summed E-state index contributed by atoms with van der Waals surface area (Å²) < 4.78 is 10.8. The predicted molar refractivity (Wildman–Crippen MR) is 63.7 cm³/mol. The van der Waals surface area contributed by atoms with Crippen LogP contribution in [0.15, 0.2) is 29.6 Å². The number of nitroso groups, excluding NO2 is 1. The first-order chi connectivity index (χ1) is 8.26. The van der Waals surface area contributed by atoms with Gasteiger partial charge in [0.1, 0.15) is 11.9 Å². The van der Waals surface area contributed by atoms with E-state index in [-0.39, 0.29) is 12.1 Å². The van der Waals surface area contributed by atoms with Crippen molar-refractivity contribution in [3.63, 3.8) is 0 Å². The average Bonchev–Trinajstić information content (AvgIpc) is 2.39. The second-order valence-corrected chi connectivity index (χ2v) is 4.05. The smallest absolute Gasteiger partial charge is 0.118 e. The molecule has 0 saturated carbocycles. The molecule has 2 unspecified atom stereocenters. The molecule has 5 nitrogen and oxygen atoms in total. The summed E-state index contributed by atoms with van der Waals surface area (Å²) in [5, 5.41) is 4.54. The molecule has 17 heavy (non-hydrogen) atoms. The predicted octanol–water partition coefficient (Wildman–Crippen LogP) is 2.14. The van der Waals surface area contributed by atoms with E-state index in [1.807, 2.05) is 31.2 Å². The molecule has 1 saturated heterocycles. The van der Waals surface area contributed by atoms with Crippen LogP contribution in [0.25, 0.3) is 0 Å². The second kappa shape index (κ2) is 5.14. The molecular formula is C12H16N2O3. The van der Waals surface area contributed by atoms with Crippen molar-refractivity contribution in [2.45, 2.75) is 19.1 Å². The van der Waals surface area contributed by atoms with Crippen molar-refractivity contribution in [2.75, 3.05) is 20.3 Å². The van der Waals surface area contributed by atoms with Gasteiger partial charge in [-0.2, -0.15) is 0 Å². The first kappa shape index (κ1) is 11.9. The van der Waals surface area contributed by atoms with Crippen LogP contribution >= 0.6 is 0 Å². The van der Waals surface area contributed by atoms with Gasteiger partial charge < -0.3 is 9.47 Å². The molecule has 92 valence electrons. The molecule has 1 fully saturated rings. The minimum atomic E-state index is -0.118. The number of ether oxygens (including phenoxy) is 2. The van der Waals surface area contributed by atoms with E-state index in [2.05, 4.69) is 5.29 Å². The number of hydrogen-bond donors (Lipinski definition) is 0. The summed E-state index contributed by atoms with van der Waals surface area (Å²) in [5.74, 6) is 0.808. The van der Waals surface area contributed by atoms with Crippen LogP contribution in [-0.4, -0.2) is 31.3 Å². The van der Waals surface area contributed by atoms with E-state index >= 15 is 0 Å². The number of hydrogen-bond acceptors (Lipinski definition) is 4. The van der Waals surface area contributed by atoms with Gasteiger partial charge in [0.05, 0.1) is 31.6 Å². The Hall–Kier alpha value is -1.62. The van der Waals surface area contributed by atoms with E-state index in [9.17, 15) is 4.91 Å². The lowest BCUT2D eigenvalue weighted by atomic mass is 10.0. The Kier molecular flexibility index (Phi) is 3.58. The summed E-state index contributed by atoms with van der Waals surface area (Å²) in [6.07, 6.45) is -0.118. The van der Waals surface area contributed by atoms with E-state index in [0.29, 0.717) is 13.2 Å². The molecule has 0 spiro atoms. The number of nitrogens with zero attached hydrogens (tertiary/aromatic N) is 2. The molecule has 1 heterocycles. The van der Waals surface area contributed by atoms with Gasteiger partial charge in [-0.3, -0.25) is 5.01 Å². The molecule has 1 aromatic rings. The van der Waals surface area contributed by atoms with Crippen LogP contribution < -0.4 is 4.74 Å². The van der Waals surface area contributed by atoms with Gasteiger partial charge in [0, 0.05) is 0 Å². The Morgan fingerprint density at radius 3 is 2.71 bits per heavy atom. The summed E-state index contributed by atoms with van der Waals surface area (Å²) in [5.41, 5.74) is 1.03. The number of benzene rings is 1. The monoisotopic (exact) mass is 236 g/mol. The van der Waals surface area contributed by atoms with Crippen LogP contribution in [0.1, 0.15) is 18.6 Å². The van der Waals surface area contributed by atoms with Crippen molar-refractivity contribution in [3.05, 3.63) is 34.7 Å². The van der Waals surface area contributed by atoms with Gasteiger partial charge in [-0.1, -0.05) is 12.1 Å². The van der Waals surface area contributed by atoms with Crippen LogP contribution in [-0.2, 0) is 4.74 Å². The van der Waals surface area contributed by atoms with Crippen molar-refractivity contribution in [2.24, 2.45) is 5.29 Å². The van der Waals surface area contributed by atoms with Crippen LogP contribution in [0.4, 0.5) is 0 Å². The van der Waals surface area contributed by atoms with Gasteiger partial charge in [0.2, 0.25) is 0 Å². The Morgan fingerprint density at radius 1 is 1.41 bits per heavy atom. The minimum Gasteiger partial charge on any atom is -0.497 e. The first-order valence-corrected chi connectivity index (χ1v) is 5.61. The number of rotatable bonds is 3. The summed E-state index contributed by atoms with van der Waals surface area (Å²) in [7, 11) is 1.63. The molecule has 0 radical (unpaired) electrons. The number of methoxy groups -OCH3 is 1. The molecule has 2 rings (SSSR count). The molecule has 1 aliphatic heterocycles. The normalized spacial score (nSPS) is 24.5. The molecule has 0 bridgehead atoms. The van der Waals surface area contributed by atoms with E-state index in [1.165, 1.54) is 5.01 Å². The van der Waals surface area contributed by atoms with Crippen molar-refractivity contribution in [3.8, 4) is 5.75 Å². The molecule has 0 N–H and O–H groups in total. The molecule has 0 amide bonds. The van der Waals surface area contributed by atoms with Crippen LogP contribution in [0.2, 0.25) is 0 Å². The van der Waals surface area contributed by atoms with E-state index in [0.717, 1.165) is 11.3 Å². The van der Waals surface area contributed by atoms with Gasteiger partial charge in [0.25, 0.3) is 0 Å². The van der Waals surface area contributed by atoms with Crippen LogP contribution in [0.5, 0.6) is 5.75 Å². The molecule has 0 aromatic heterocycles. The van der Waals surface area contributed by atoms with Crippen LogP contribution in [0, 0.1) is 4.91 Å². The molecule has 0 aliphatic carbocycles. The maximum absolute atomic E-state index is 10.6. The first-order valence-electron chi connectivity index (χ1n) is 5.61. The highest BCUT2D eigenvalue weighted by atomic mass is 16.5. The van der Waals surface area contributed by atoms with Crippen LogP contribution in [0.3, 0.4) is 0 Å². The molecule has 1 aliphatic rings. The zero-order valence-corrected chi connectivity index (χ0v) is 10.00. The quantitative estimate of drug-likeness (QED) is 0.754. The van der Waals surface area contributed by atoms with Gasteiger partial charge in [-0.05, 0) is 24.6 Å². The molecular weight excluding hydrogens is 220 g/mol. The van der Waals surface area contributed by atoms with Gasteiger partial charge in [-0.25, -0.2) is 0 Å². The second-order valence-electron chi connectivity index (χ2n) is 4.05. The Bertz CT molecular complexity index is 380. The molecule has 2 atom stereocenters. The van der Waals surface area contributed by atoms with Gasteiger partial charge >= 0.3 is 0 Å². The zero-order valence-electron chi connectivity index (χ0n) is 10.00. The summed E-state index contributed by atoms with van der Waals surface area (Å²) in [6, 6.07) is 7.63. The fraction of sp³-hybridized carbons (Fsp3) is 0.500. The highest BCUT2D eigenvalue weighted by Crippen LogP contribution is 2.29. The lowest BCUT2D eigenvalue weighted by Crippen LogP contribution is -2.42. The Balaban J connectivity index is 2.17. The van der Waals surface area contributed by atoms with Crippen molar-refractivity contribution in [1.29, 1.82) is 0 Å². The SMILES string of the molecule is COc1ccc(C2OCCN(N=O)C2C)cc1. The van der Waals surface area contributed by atoms with Gasteiger partial charge in [0.15, 0.2) is 0 Å². The zero-order chi connectivity index (χ0) is 12.3. The molecule has 5 heteroatoms. The third-order valence-electron chi connectivity index (χ3n) is 3.08. The fourth-order valence-electron chi connectivity index (χ4n) is 2.06. The van der Waals surface area contributed by atoms with Gasteiger partial charge in [-0.15, -0.1) is 4.91 Å². The third-order valence-corrected chi connectivity index (χ3v) is 3.08. The van der Waals surface area contributed by atoms with Crippen molar-refractivity contribution >= 4 is 0 Å². The van der Waals surface area contributed by atoms with E-state index in [1.54, 1.807) is 7.11 Å². The van der Waals surface area contributed by atoms with E-state index < -0.39 is 0 Å². The number of morpholine rings is 1.